The van der Waals surface area contributed by atoms with Crippen molar-refractivity contribution in [2.45, 2.75) is 93.5 Å². The molecule has 38 heavy (non-hydrogen) atoms. The summed E-state index contributed by atoms with van der Waals surface area (Å²) in [7, 11) is 3.98. The van der Waals surface area contributed by atoms with Gasteiger partial charge in [-0.1, -0.05) is 11.3 Å². The van der Waals surface area contributed by atoms with Crippen molar-refractivity contribution in [3.63, 3.8) is 0 Å². The van der Waals surface area contributed by atoms with Crippen molar-refractivity contribution >= 4 is 0 Å². The molecule has 3 fully saturated rings. The molecule has 3 saturated carbocycles. The molecule has 204 valence electrons. The number of fused-ring (bicyclic) bond motifs is 2. The summed E-state index contributed by atoms with van der Waals surface area (Å²) in [5.41, 5.74) is 0.897. The predicted molar refractivity (Wildman–Crippen MR) is 134 cm³/mol. The van der Waals surface area contributed by atoms with Crippen molar-refractivity contribution in [2.24, 2.45) is 7.05 Å². The summed E-state index contributed by atoms with van der Waals surface area (Å²) in [6, 6.07) is 5.22. The molecule has 0 atom stereocenters. The maximum Gasteiger partial charge on any atom is 0.416 e. The fourth-order valence-corrected chi connectivity index (χ4v) is 6.96. The second-order valence-corrected chi connectivity index (χ2v) is 11.4. The molecule has 0 radical (unpaired) electrons. The minimum Gasteiger partial charge on any atom is -0.486 e. The Morgan fingerprint density at radius 2 is 1.82 bits per heavy atom. The van der Waals surface area contributed by atoms with Crippen molar-refractivity contribution < 1.29 is 17.9 Å². The van der Waals surface area contributed by atoms with Gasteiger partial charge in [0.05, 0.1) is 17.3 Å². The maximum atomic E-state index is 13.0. The van der Waals surface area contributed by atoms with Gasteiger partial charge < -0.3 is 14.6 Å². The lowest BCUT2D eigenvalue weighted by molar-refractivity contribution is -0.137. The summed E-state index contributed by atoms with van der Waals surface area (Å²) in [6.07, 6.45) is 7.67. The van der Waals surface area contributed by atoms with Crippen LogP contribution >= 0.6 is 0 Å². The van der Waals surface area contributed by atoms with Crippen LogP contribution in [0, 0.1) is 0 Å². The van der Waals surface area contributed by atoms with E-state index in [1.54, 1.807) is 0 Å². The molecule has 0 unspecified atom stereocenters. The average molecular weight is 530 g/mol. The lowest BCUT2D eigenvalue weighted by Crippen LogP contribution is -2.37. The molecule has 6 rings (SSSR count). The Hall–Kier alpha value is -2.95. The second kappa shape index (κ2) is 9.36. The largest absolute Gasteiger partial charge is 0.486 e. The molecule has 11 heteroatoms. The smallest absolute Gasteiger partial charge is 0.416 e. The molecule has 3 aliphatic rings. The van der Waals surface area contributed by atoms with Gasteiger partial charge >= 0.3 is 6.18 Å². The van der Waals surface area contributed by atoms with E-state index in [9.17, 15) is 13.2 Å². The van der Waals surface area contributed by atoms with Crippen molar-refractivity contribution in [3.05, 3.63) is 53.4 Å². The highest BCUT2D eigenvalue weighted by Gasteiger charge is 2.55. The number of halogens is 3. The van der Waals surface area contributed by atoms with Gasteiger partial charge in [0, 0.05) is 30.1 Å². The Bertz CT molecular complexity index is 1280. The Labute approximate surface area is 220 Å². The minimum absolute atomic E-state index is 0.0540. The van der Waals surface area contributed by atoms with Crippen molar-refractivity contribution in [1.82, 2.24) is 35.1 Å². The molecule has 0 aliphatic heterocycles. The highest BCUT2D eigenvalue weighted by Crippen LogP contribution is 2.57. The first-order valence-electron chi connectivity index (χ1n) is 13.5. The van der Waals surface area contributed by atoms with Gasteiger partial charge in [0.2, 0.25) is 0 Å². The predicted octanol–water partition coefficient (Wildman–Crippen LogP) is 5.08. The first-order valence-corrected chi connectivity index (χ1v) is 13.5. The van der Waals surface area contributed by atoms with E-state index < -0.39 is 11.7 Å². The maximum absolute atomic E-state index is 13.0. The molecule has 2 heterocycles. The number of nitrogens with one attached hydrogen (secondary N) is 1. The van der Waals surface area contributed by atoms with E-state index in [-0.39, 0.29) is 29.2 Å². The third-order valence-electron chi connectivity index (χ3n) is 9.39. The molecule has 2 aromatic heterocycles. The van der Waals surface area contributed by atoms with Crippen LogP contribution < -0.4 is 10.1 Å². The molecule has 2 bridgehead atoms. The van der Waals surface area contributed by atoms with Gasteiger partial charge in [-0.25, -0.2) is 4.68 Å². The van der Waals surface area contributed by atoms with E-state index in [0.717, 1.165) is 55.8 Å². The first-order chi connectivity index (χ1) is 18.2. The standard InChI is InChI=1S/C27H34F3N7O/c1-31-26-12-10-25(17-26,11-13-26)22-15-37(35-32-22)20-8-6-18(7-9-20)24-34-33-23(36(24)2)16-38-21-5-3-4-19(14-21)27(28,29)30/h3-5,14-15,18,20,31H,6-13,16-17H2,1-2H3. The number of benzene rings is 1. The van der Waals surface area contributed by atoms with Gasteiger partial charge in [0.25, 0.3) is 0 Å². The summed E-state index contributed by atoms with van der Waals surface area (Å²) in [5, 5.41) is 21.5. The fraction of sp³-hybridized carbons (Fsp3) is 0.630. The molecule has 3 aromatic rings. The van der Waals surface area contributed by atoms with E-state index >= 15 is 0 Å². The van der Waals surface area contributed by atoms with Crippen LogP contribution in [0.1, 0.15) is 92.7 Å². The number of hydrogen-bond donors (Lipinski definition) is 1. The molecule has 0 spiro atoms. The lowest BCUT2D eigenvalue weighted by Gasteiger charge is -2.28. The van der Waals surface area contributed by atoms with Gasteiger partial charge in [0.1, 0.15) is 18.2 Å². The van der Waals surface area contributed by atoms with Gasteiger partial charge in [-0.05, 0) is 83.0 Å². The van der Waals surface area contributed by atoms with Gasteiger partial charge in [-0.15, -0.1) is 15.3 Å². The zero-order valence-corrected chi connectivity index (χ0v) is 21.8. The molecule has 0 saturated heterocycles. The van der Waals surface area contributed by atoms with Crippen LogP contribution in [-0.2, 0) is 25.2 Å². The summed E-state index contributed by atoms with van der Waals surface area (Å²) >= 11 is 0. The van der Waals surface area contributed by atoms with Crippen LogP contribution in [0.15, 0.2) is 30.5 Å². The summed E-state index contributed by atoms with van der Waals surface area (Å²) in [4.78, 5) is 0. The highest BCUT2D eigenvalue weighted by molar-refractivity contribution is 5.30. The van der Waals surface area contributed by atoms with Crippen molar-refractivity contribution in [1.29, 1.82) is 0 Å². The SMILES string of the molecule is CNC12CCC(c3cn(C4CCC(c5nnc(COc6cccc(C(F)(F)F)c6)n5C)CC4)nn3)(CC1)C2. The van der Waals surface area contributed by atoms with Crippen LogP contribution in [0.2, 0.25) is 0 Å². The molecule has 1 N–H and O–H groups in total. The van der Waals surface area contributed by atoms with E-state index in [4.69, 9.17) is 4.74 Å². The van der Waals surface area contributed by atoms with Crippen LogP contribution in [0.5, 0.6) is 5.75 Å². The third-order valence-corrected chi connectivity index (χ3v) is 9.39. The van der Waals surface area contributed by atoms with Crippen LogP contribution in [-0.4, -0.2) is 42.3 Å². The molecular weight excluding hydrogens is 495 g/mol. The zero-order chi connectivity index (χ0) is 26.5. The Morgan fingerprint density at radius 1 is 1.05 bits per heavy atom. The highest BCUT2D eigenvalue weighted by atomic mass is 19.4. The number of hydrogen-bond acceptors (Lipinski definition) is 6. The van der Waals surface area contributed by atoms with Gasteiger partial charge in [0.15, 0.2) is 5.82 Å². The van der Waals surface area contributed by atoms with E-state index in [1.807, 2.05) is 11.6 Å². The molecular formula is C27H34F3N7O. The lowest BCUT2D eigenvalue weighted by atomic mass is 9.81. The van der Waals surface area contributed by atoms with Gasteiger partial charge in [-0.3, -0.25) is 0 Å². The van der Waals surface area contributed by atoms with Crippen LogP contribution in [0.25, 0.3) is 0 Å². The summed E-state index contributed by atoms with van der Waals surface area (Å²) in [5.74, 6) is 1.91. The third kappa shape index (κ3) is 4.48. The van der Waals surface area contributed by atoms with Crippen molar-refractivity contribution in [2.75, 3.05) is 7.05 Å². The first kappa shape index (κ1) is 25.3. The summed E-state index contributed by atoms with van der Waals surface area (Å²) < 4.78 is 48.6. The number of aromatic nitrogens is 6. The van der Waals surface area contributed by atoms with E-state index in [1.165, 1.54) is 37.8 Å². The number of alkyl halides is 3. The Balaban J connectivity index is 1.06. The minimum atomic E-state index is -4.41. The van der Waals surface area contributed by atoms with E-state index in [2.05, 4.69) is 43.8 Å². The monoisotopic (exact) mass is 529 g/mol. The van der Waals surface area contributed by atoms with Crippen LogP contribution in [0.3, 0.4) is 0 Å². The molecule has 3 aliphatic carbocycles. The Morgan fingerprint density at radius 3 is 2.50 bits per heavy atom. The van der Waals surface area contributed by atoms with E-state index in [0.29, 0.717) is 11.9 Å². The van der Waals surface area contributed by atoms with Gasteiger partial charge in [-0.2, -0.15) is 13.2 Å². The van der Waals surface area contributed by atoms with Crippen LogP contribution in [0.4, 0.5) is 13.2 Å². The quantitative estimate of drug-likeness (QED) is 0.460. The van der Waals surface area contributed by atoms with Crippen molar-refractivity contribution in [3.8, 4) is 5.75 Å². The zero-order valence-electron chi connectivity index (χ0n) is 21.8. The normalized spacial score (nSPS) is 29.2. The number of rotatable bonds is 7. The number of nitrogens with zero attached hydrogens (tertiary/aromatic N) is 6. The Kier molecular flexibility index (Phi) is 6.24. The second-order valence-electron chi connectivity index (χ2n) is 11.4. The fourth-order valence-electron chi connectivity index (χ4n) is 6.96. The number of ether oxygens (including phenoxy) is 1. The summed E-state index contributed by atoms with van der Waals surface area (Å²) in [6.45, 7) is 0.0540. The topological polar surface area (TPSA) is 82.7 Å². The molecule has 8 nitrogen and oxygen atoms in total. The molecule has 1 aromatic carbocycles. The average Bonchev–Trinajstić information content (AvgIpc) is 3.71. The molecule has 0 amide bonds.